The van der Waals surface area contributed by atoms with Crippen LogP contribution in [0, 0.1) is 5.92 Å². The van der Waals surface area contributed by atoms with Crippen LogP contribution < -0.4 is 5.73 Å². The minimum Gasteiger partial charge on any atom is -0.481 e. The lowest BCUT2D eigenvalue weighted by molar-refractivity contribution is -0.139. The van der Waals surface area contributed by atoms with Crippen molar-refractivity contribution in [3.8, 4) is 0 Å². The quantitative estimate of drug-likeness (QED) is 0.828. The van der Waals surface area contributed by atoms with Crippen LogP contribution in [0.2, 0.25) is 0 Å². The molecule has 88 valence electrons. The van der Waals surface area contributed by atoms with Crippen LogP contribution in [0.1, 0.15) is 31.1 Å². The van der Waals surface area contributed by atoms with Crippen molar-refractivity contribution >= 4 is 17.3 Å². The molecule has 2 unspecified atom stereocenters. The second-order valence-electron chi connectivity index (χ2n) is 4.65. The Bertz CT molecular complexity index is 366. The predicted molar refractivity (Wildman–Crippen MR) is 64.6 cm³/mol. The second-order valence-corrected chi connectivity index (χ2v) is 5.60. The monoisotopic (exact) mass is 239 g/mol. The Morgan fingerprint density at radius 2 is 2.44 bits per heavy atom. The summed E-state index contributed by atoms with van der Waals surface area (Å²) in [6.07, 6.45) is 2.36. The summed E-state index contributed by atoms with van der Waals surface area (Å²) in [5.41, 5.74) is 5.75. The lowest BCUT2D eigenvalue weighted by atomic mass is 9.72. The predicted octanol–water partition coefficient (Wildman–Crippen LogP) is 2.22. The third-order valence-electron chi connectivity index (χ3n) is 3.54. The minimum absolute atomic E-state index is 0.116. The summed E-state index contributed by atoms with van der Waals surface area (Å²) in [6.45, 7) is 1.93. The molecule has 0 aliphatic heterocycles. The van der Waals surface area contributed by atoms with Crippen LogP contribution in [0.3, 0.4) is 0 Å². The molecule has 1 saturated carbocycles. The fourth-order valence-corrected chi connectivity index (χ4v) is 3.69. The van der Waals surface area contributed by atoms with Crippen molar-refractivity contribution in [2.45, 2.75) is 37.6 Å². The third kappa shape index (κ3) is 1.87. The van der Waals surface area contributed by atoms with E-state index in [2.05, 4.69) is 0 Å². The van der Waals surface area contributed by atoms with Crippen LogP contribution in [-0.4, -0.2) is 17.1 Å². The number of carboxylic acid groups (broad SMARTS) is 1. The van der Waals surface area contributed by atoms with Gasteiger partial charge >= 0.3 is 5.97 Å². The molecule has 4 heteroatoms. The molecule has 0 bridgehead atoms. The normalized spacial score (nSPS) is 21.4. The Morgan fingerprint density at radius 3 is 2.81 bits per heavy atom. The van der Waals surface area contributed by atoms with E-state index >= 15 is 0 Å². The lowest BCUT2D eigenvalue weighted by Gasteiger charge is -2.35. The van der Waals surface area contributed by atoms with Crippen molar-refractivity contribution in [1.82, 2.24) is 0 Å². The number of rotatable bonds is 5. The standard InChI is InChI=1S/C12H17NO2S/c1-8(13)12(7-11(14)15,9-4-5-9)10-3-2-6-16-10/h2-3,6,8-9H,4-5,7,13H2,1H3,(H,14,15). The van der Waals surface area contributed by atoms with Crippen molar-refractivity contribution in [3.05, 3.63) is 22.4 Å². The van der Waals surface area contributed by atoms with Gasteiger partial charge in [0.05, 0.1) is 6.42 Å². The van der Waals surface area contributed by atoms with Gasteiger partial charge in [0, 0.05) is 16.3 Å². The first kappa shape index (κ1) is 11.6. The van der Waals surface area contributed by atoms with Gasteiger partial charge in [-0.15, -0.1) is 11.3 Å². The highest BCUT2D eigenvalue weighted by Crippen LogP contribution is 2.52. The lowest BCUT2D eigenvalue weighted by Crippen LogP contribution is -2.46. The molecule has 1 fully saturated rings. The zero-order chi connectivity index (χ0) is 11.8. The van der Waals surface area contributed by atoms with Crippen molar-refractivity contribution in [3.63, 3.8) is 0 Å². The van der Waals surface area contributed by atoms with Crippen molar-refractivity contribution in [2.75, 3.05) is 0 Å². The Balaban J connectivity index is 2.40. The molecule has 0 radical (unpaired) electrons. The molecule has 2 atom stereocenters. The summed E-state index contributed by atoms with van der Waals surface area (Å²) in [7, 11) is 0. The van der Waals surface area contributed by atoms with Crippen molar-refractivity contribution in [2.24, 2.45) is 11.7 Å². The molecular formula is C12H17NO2S. The number of hydrogen-bond acceptors (Lipinski definition) is 3. The maximum absolute atomic E-state index is 11.1. The number of aliphatic carboxylic acids is 1. The zero-order valence-corrected chi connectivity index (χ0v) is 10.2. The van der Waals surface area contributed by atoms with Gasteiger partial charge in [-0.05, 0) is 37.1 Å². The molecule has 2 rings (SSSR count). The number of carbonyl (C=O) groups is 1. The Labute approximate surface area is 99.3 Å². The average Bonchev–Trinajstić information content (AvgIpc) is 2.89. The molecule has 3 N–H and O–H groups in total. The van der Waals surface area contributed by atoms with Crippen LogP contribution in [0.4, 0.5) is 0 Å². The summed E-state index contributed by atoms with van der Waals surface area (Å²) in [5, 5.41) is 11.1. The van der Waals surface area contributed by atoms with Crippen LogP contribution in [-0.2, 0) is 10.2 Å². The largest absolute Gasteiger partial charge is 0.481 e. The van der Waals surface area contributed by atoms with Crippen LogP contribution in [0.15, 0.2) is 17.5 Å². The van der Waals surface area contributed by atoms with E-state index in [4.69, 9.17) is 10.8 Å². The highest BCUT2D eigenvalue weighted by atomic mass is 32.1. The number of thiophene rings is 1. The average molecular weight is 239 g/mol. The second kappa shape index (κ2) is 4.18. The van der Waals surface area contributed by atoms with E-state index in [1.165, 1.54) is 0 Å². The van der Waals surface area contributed by atoms with E-state index in [1.807, 2.05) is 24.4 Å². The molecule has 16 heavy (non-hydrogen) atoms. The fourth-order valence-electron chi connectivity index (χ4n) is 2.58. The number of hydrogen-bond donors (Lipinski definition) is 2. The summed E-state index contributed by atoms with van der Waals surface area (Å²) in [4.78, 5) is 12.2. The van der Waals surface area contributed by atoms with Gasteiger partial charge in [-0.3, -0.25) is 4.79 Å². The Hall–Kier alpha value is -0.870. The molecule has 1 aromatic rings. The maximum atomic E-state index is 11.1. The maximum Gasteiger partial charge on any atom is 0.304 e. The molecule has 1 aliphatic rings. The fraction of sp³-hybridized carbons (Fsp3) is 0.583. The molecule has 0 saturated heterocycles. The third-order valence-corrected chi connectivity index (χ3v) is 4.61. The molecule has 0 aromatic carbocycles. The SMILES string of the molecule is CC(N)C(CC(=O)O)(c1cccs1)C1CC1. The van der Waals surface area contributed by atoms with Gasteiger partial charge in [0.15, 0.2) is 0 Å². The molecule has 3 nitrogen and oxygen atoms in total. The van der Waals surface area contributed by atoms with E-state index in [9.17, 15) is 4.79 Å². The Kier molecular flexibility index (Phi) is 3.04. The van der Waals surface area contributed by atoms with Gasteiger partial charge in [0.25, 0.3) is 0 Å². The van der Waals surface area contributed by atoms with Crippen molar-refractivity contribution < 1.29 is 9.90 Å². The minimum atomic E-state index is -0.752. The van der Waals surface area contributed by atoms with Gasteiger partial charge in [-0.25, -0.2) is 0 Å². The first-order chi connectivity index (χ1) is 7.57. The van der Waals surface area contributed by atoms with Crippen LogP contribution in [0.25, 0.3) is 0 Å². The van der Waals surface area contributed by atoms with Gasteiger partial charge in [0.1, 0.15) is 0 Å². The van der Waals surface area contributed by atoms with E-state index < -0.39 is 5.97 Å². The molecular weight excluding hydrogens is 222 g/mol. The highest BCUT2D eigenvalue weighted by Gasteiger charge is 2.50. The van der Waals surface area contributed by atoms with Crippen LogP contribution >= 0.6 is 11.3 Å². The Morgan fingerprint density at radius 1 is 1.75 bits per heavy atom. The number of nitrogens with two attached hydrogens (primary N) is 1. The molecule has 1 aliphatic carbocycles. The van der Waals surface area contributed by atoms with E-state index in [0.717, 1.165) is 17.7 Å². The zero-order valence-electron chi connectivity index (χ0n) is 9.35. The van der Waals surface area contributed by atoms with E-state index in [1.54, 1.807) is 11.3 Å². The van der Waals surface area contributed by atoms with Gasteiger partial charge in [-0.1, -0.05) is 6.07 Å². The first-order valence-corrected chi connectivity index (χ1v) is 6.46. The summed E-state index contributed by atoms with van der Waals surface area (Å²) < 4.78 is 0. The van der Waals surface area contributed by atoms with Gasteiger partial charge in [0.2, 0.25) is 0 Å². The molecule has 0 amide bonds. The summed E-state index contributed by atoms with van der Waals surface area (Å²) in [5.74, 6) is -0.306. The molecule has 1 aromatic heterocycles. The topological polar surface area (TPSA) is 63.3 Å². The van der Waals surface area contributed by atoms with Crippen LogP contribution in [0.5, 0.6) is 0 Å². The highest BCUT2D eigenvalue weighted by molar-refractivity contribution is 7.10. The van der Waals surface area contributed by atoms with E-state index in [0.29, 0.717) is 5.92 Å². The van der Waals surface area contributed by atoms with Crippen molar-refractivity contribution in [1.29, 1.82) is 0 Å². The van der Waals surface area contributed by atoms with Gasteiger partial charge < -0.3 is 10.8 Å². The molecule has 1 heterocycles. The summed E-state index contributed by atoms with van der Waals surface area (Å²) >= 11 is 1.63. The van der Waals surface area contributed by atoms with E-state index in [-0.39, 0.29) is 17.9 Å². The first-order valence-electron chi connectivity index (χ1n) is 5.58. The smallest absolute Gasteiger partial charge is 0.304 e. The summed E-state index contributed by atoms with van der Waals surface area (Å²) in [6, 6.07) is 3.88. The van der Waals surface area contributed by atoms with Gasteiger partial charge in [-0.2, -0.15) is 0 Å². The number of carboxylic acids is 1. The molecule has 0 spiro atoms.